The van der Waals surface area contributed by atoms with Crippen LogP contribution < -0.4 is 5.32 Å². The predicted molar refractivity (Wildman–Crippen MR) is 114 cm³/mol. The van der Waals surface area contributed by atoms with E-state index in [-0.39, 0.29) is 12.0 Å². The summed E-state index contributed by atoms with van der Waals surface area (Å²) in [4.78, 5) is 12.7. The van der Waals surface area contributed by atoms with E-state index in [9.17, 15) is 4.79 Å². The maximum absolute atomic E-state index is 12.7. The molecule has 30 heavy (non-hydrogen) atoms. The van der Waals surface area contributed by atoms with Gasteiger partial charge in [0.15, 0.2) is 5.76 Å². The van der Waals surface area contributed by atoms with Gasteiger partial charge in [0.05, 0.1) is 18.3 Å². The van der Waals surface area contributed by atoms with E-state index in [0.717, 1.165) is 65.5 Å². The van der Waals surface area contributed by atoms with E-state index in [1.165, 1.54) is 5.56 Å². The molecule has 0 spiro atoms. The van der Waals surface area contributed by atoms with Crippen LogP contribution in [-0.2, 0) is 24.1 Å². The first kappa shape index (κ1) is 19.4. The summed E-state index contributed by atoms with van der Waals surface area (Å²) < 4.78 is 13.5. The number of aromatic nitrogens is 2. The van der Waals surface area contributed by atoms with E-state index in [2.05, 4.69) is 11.5 Å². The van der Waals surface area contributed by atoms with Crippen molar-refractivity contribution in [2.24, 2.45) is 0 Å². The standard InChI is InChI=1S/C23H24ClN3O3/c1-14-20-19(30-22(14)23(28)25-11-18-6-3-9-29-18)8-7-16-13-27(26-21(16)20)12-15-4-2-5-17(24)10-15/h2,4-5,10,13,18H,3,6-9,11-12H2,1H3,(H,25,28)/t18-/m1/s1. The van der Waals surface area contributed by atoms with Crippen LogP contribution in [0.2, 0.25) is 5.02 Å². The molecule has 1 aromatic carbocycles. The Bertz CT molecular complexity index is 1100. The molecular weight excluding hydrogens is 402 g/mol. The maximum atomic E-state index is 12.7. The van der Waals surface area contributed by atoms with Crippen LogP contribution in [0.5, 0.6) is 0 Å². The summed E-state index contributed by atoms with van der Waals surface area (Å²) in [5.41, 5.74) is 5.00. The largest absolute Gasteiger partial charge is 0.455 e. The van der Waals surface area contributed by atoms with E-state index < -0.39 is 0 Å². The highest BCUT2D eigenvalue weighted by Gasteiger charge is 2.30. The molecule has 3 heterocycles. The van der Waals surface area contributed by atoms with E-state index in [1.807, 2.05) is 35.9 Å². The number of rotatable bonds is 5. The summed E-state index contributed by atoms with van der Waals surface area (Å²) >= 11 is 6.11. The van der Waals surface area contributed by atoms with Gasteiger partial charge < -0.3 is 14.5 Å². The zero-order chi connectivity index (χ0) is 20.7. The van der Waals surface area contributed by atoms with Crippen LogP contribution in [0.25, 0.3) is 11.3 Å². The fourth-order valence-corrected chi connectivity index (χ4v) is 4.59. The van der Waals surface area contributed by atoms with Crippen LogP contribution in [-0.4, -0.2) is 34.9 Å². The number of amides is 1. The average molecular weight is 426 g/mol. The number of furan rings is 1. The molecule has 7 heteroatoms. The lowest BCUT2D eigenvalue weighted by Crippen LogP contribution is -2.31. The van der Waals surface area contributed by atoms with Gasteiger partial charge in [-0.3, -0.25) is 9.48 Å². The summed E-state index contributed by atoms with van der Waals surface area (Å²) in [6.07, 6.45) is 5.85. The lowest BCUT2D eigenvalue weighted by atomic mass is 9.93. The summed E-state index contributed by atoms with van der Waals surface area (Å²) in [5, 5.41) is 8.50. The smallest absolute Gasteiger partial charge is 0.287 e. The number of halogens is 1. The molecule has 5 rings (SSSR count). The lowest BCUT2D eigenvalue weighted by molar-refractivity contribution is 0.0833. The van der Waals surface area contributed by atoms with Crippen molar-refractivity contribution in [3.05, 3.63) is 63.7 Å². The van der Waals surface area contributed by atoms with Crippen LogP contribution in [0.3, 0.4) is 0 Å². The lowest BCUT2D eigenvalue weighted by Gasteiger charge is -2.10. The molecule has 2 aromatic heterocycles. The van der Waals surface area contributed by atoms with Crippen molar-refractivity contribution in [3.63, 3.8) is 0 Å². The van der Waals surface area contributed by atoms with Crippen LogP contribution in [0.1, 0.15) is 45.8 Å². The van der Waals surface area contributed by atoms with E-state index in [4.69, 9.17) is 25.9 Å². The van der Waals surface area contributed by atoms with Gasteiger partial charge in [0.2, 0.25) is 0 Å². The van der Waals surface area contributed by atoms with Crippen molar-refractivity contribution < 1.29 is 13.9 Å². The van der Waals surface area contributed by atoms with Crippen molar-refractivity contribution in [1.82, 2.24) is 15.1 Å². The Kier molecular flexibility index (Phi) is 5.13. The van der Waals surface area contributed by atoms with E-state index in [0.29, 0.717) is 18.8 Å². The first-order chi connectivity index (χ1) is 14.6. The SMILES string of the molecule is Cc1c(C(=O)NC[C@H]2CCCO2)oc2c1-c1nn(Cc3cccc(Cl)c3)cc1CC2. The Labute approximate surface area is 180 Å². The maximum Gasteiger partial charge on any atom is 0.287 e. The van der Waals surface area contributed by atoms with Gasteiger partial charge in [-0.15, -0.1) is 0 Å². The second kappa shape index (κ2) is 7.93. The Balaban J connectivity index is 1.38. The third-order valence-corrected chi connectivity index (χ3v) is 6.10. The van der Waals surface area contributed by atoms with Crippen molar-refractivity contribution in [2.75, 3.05) is 13.2 Å². The molecule has 3 aromatic rings. The van der Waals surface area contributed by atoms with Crippen molar-refractivity contribution in [1.29, 1.82) is 0 Å². The van der Waals surface area contributed by atoms with Crippen LogP contribution >= 0.6 is 11.6 Å². The topological polar surface area (TPSA) is 69.3 Å². The van der Waals surface area contributed by atoms with Gasteiger partial charge in [0.1, 0.15) is 5.76 Å². The third-order valence-electron chi connectivity index (χ3n) is 5.87. The van der Waals surface area contributed by atoms with Gasteiger partial charge >= 0.3 is 0 Å². The number of nitrogens with zero attached hydrogens (tertiary/aromatic N) is 2. The first-order valence-electron chi connectivity index (χ1n) is 10.4. The monoisotopic (exact) mass is 425 g/mol. The molecule has 0 unspecified atom stereocenters. The molecule has 0 radical (unpaired) electrons. The summed E-state index contributed by atoms with van der Waals surface area (Å²) in [6.45, 7) is 3.88. The Morgan fingerprint density at radius 3 is 3.07 bits per heavy atom. The zero-order valence-electron chi connectivity index (χ0n) is 16.9. The van der Waals surface area contributed by atoms with Crippen LogP contribution in [0.4, 0.5) is 0 Å². The zero-order valence-corrected chi connectivity index (χ0v) is 17.7. The molecule has 0 saturated carbocycles. The van der Waals surface area contributed by atoms with E-state index in [1.54, 1.807) is 0 Å². The predicted octanol–water partition coefficient (Wildman–Crippen LogP) is 4.16. The molecule has 1 N–H and O–H groups in total. The molecule has 1 aliphatic carbocycles. The second-order valence-electron chi connectivity index (χ2n) is 8.03. The number of fused-ring (bicyclic) bond motifs is 3. The van der Waals surface area contributed by atoms with Crippen molar-refractivity contribution in [2.45, 2.75) is 45.3 Å². The third kappa shape index (κ3) is 3.66. The second-order valence-corrected chi connectivity index (χ2v) is 8.47. The van der Waals surface area contributed by atoms with Gasteiger partial charge in [-0.1, -0.05) is 23.7 Å². The molecule has 1 atom stereocenters. The van der Waals surface area contributed by atoms with E-state index >= 15 is 0 Å². The molecule has 2 aliphatic rings. The van der Waals surface area contributed by atoms with Gasteiger partial charge in [-0.25, -0.2) is 0 Å². The first-order valence-corrected chi connectivity index (χ1v) is 10.8. The number of aryl methyl sites for hydroxylation is 2. The minimum atomic E-state index is -0.183. The minimum Gasteiger partial charge on any atom is -0.455 e. The molecular formula is C23H24ClN3O3. The molecule has 1 fully saturated rings. The van der Waals surface area contributed by atoms with Crippen molar-refractivity contribution in [3.8, 4) is 11.3 Å². The number of carbonyl (C=O) groups is 1. The minimum absolute atomic E-state index is 0.104. The molecule has 1 amide bonds. The number of benzene rings is 1. The van der Waals surface area contributed by atoms with Crippen LogP contribution in [0.15, 0.2) is 34.9 Å². The Morgan fingerprint density at radius 2 is 2.27 bits per heavy atom. The number of hydrogen-bond donors (Lipinski definition) is 1. The normalized spacial score (nSPS) is 17.6. The van der Waals surface area contributed by atoms with Gasteiger partial charge in [-0.2, -0.15) is 5.10 Å². The molecule has 1 aliphatic heterocycles. The number of hydrogen-bond acceptors (Lipinski definition) is 4. The summed E-state index contributed by atoms with van der Waals surface area (Å²) in [6, 6.07) is 7.80. The molecule has 1 saturated heterocycles. The summed E-state index contributed by atoms with van der Waals surface area (Å²) in [5.74, 6) is 1.04. The van der Waals surface area contributed by atoms with Gasteiger partial charge in [-0.05, 0) is 49.4 Å². The van der Waals surface area contributed by atoms with Crippen molar-refractivity contribution >= 4 is 17.5 Å². The highest BCUT2D eigenvalue weighted by atomic mass is 35.5. The fraction of sp³-hybridized carbons (Fsp3) is 0.391. The Morgan fingerprint density at radius 1 is 1.37 bits per heavy atom. The number of ether oxygens (including phenoxy) is 1. The van der Waals surface area contributed by atoms with Crippen LogP contribution in [0, 0.1) is 6.92 Å². The number of nitrogens with one attached hydrogen (secondary N) is 1. The fourth-order valence-electron chi connectivity index (χ4n) is 4.38. The average Bonchev–Trinajstić information content (AvgIpc) is 3.44. The quantitative estimate of drug-likeness (QED) is 0.666. The van der Waals surface area contributed by atoms with Gasteiger partial charge in [0.25, 0.3) is 5.91 Å². The number of carbonyl (C=O) groups excluding carboxylic acids is 1. The highest BCUT2D eigenvalue weighted by molar-refractivity contribution is 6.30. The Hall–Kier alpha value is -2.57. The van der Waals surface area contributed by atoms with Gasteiger partial charge in [0, 0.05) is 41.9 Å². The molecule has 0 bridgehead atoms. The highest BCUT2D eigenvalue weighted by Crippen LogP contribution is 2.38. The molecule has 6 nitrogen and oxygen atoms in total. The molecule has 156 valence electrons. The summed E-state index contributed by atoms with van der Waals surface area (Å²) in [7, 11) is 0.